The Labute approximate surface area is 101 Å². The van der Waals surface area contributed by atoms with Crippen LogP contribution in [-0.4, -0.2) is 9.55 Å². The van der Waals surface area contributed by atoms with Gasteiger partial charge in [0.2, 0.25) is 0 Å². The standard InChI is InChI=1S/C12H18N4O/c1-2-16-8-7-14-12(16)11(15-13)6-5-10-4-3-9-17-10/h3-4,7-9,11,15H,2,5-6,13H2,1H3. The summed E-state index contributed by atoms with van der Waals surface area (Å²) >= 11 is 0. The number of nitrogens with two attached hydrogens (primary N) is 1. The molecule has 5 nitrogen and oxygen atoms in total. The Morgan fingerprint density at radius 2 is 2.47 bits per heavy atom. The summed E-state index contributed by atoms with van der Waals surface area (Å²) in [5.41, 5.74) is 2.82. The maximum atomic E-state index is 5.59. The van der Waals surface area contributed by atoms with Gasteiger partial charge in [-0.15, -0.1) is 0 Å². The van der Waals surface area contributed by atoms with Crippen molar-refractivity contribution >= 4 is 0 Å². The maximum Gasteiger partial charge on any atom is 0.127 e. The van der Waals surface area contributed by atoms with E-state index in [9.17, 15) is 0 Å². The van der Waals surface area contributed by atoms with Gasteiger partial charge in [-0.25, -0.2) is 10.4 Å². The third kappa shape index (κ3) is 2.75. The van der Waals surface area contributed by atoms with Crippen LogP contribution in [0.3, 0.4) is 0 Å². The van der Waals surface area contributed by atoms with E-state index in [0.717, 1.165) is 31.0 Å². The lowest BCUT2D eigenvalue weighted by Crippen LogP contribution is -2.30. The second kappa shape index (κ2) is 5.65. The van der Waals surface area contributed by atoms with Crippen LogP contribution < -0.4 is 11.3 Å². The highest BCUT2D eigenvalue weighted by Crippen LogP contribution is 2.17. The fraction of sp³-hybridized carbons (Fsp3) is 0.417. The molecule has 0 fully saturated rings. The number of hydrazine groups is 1. The summed E-state index contributed by atoms with van der Waals surface area (Å²) in [6, 6.07) is 3.92. The predicted octanol–water partition coefficient (Wildman–Crippen LogP) is 1.63. The average Bonchev–Trinajstić information content (AvgIpc) is 3.00. The lowest BCUT2D eigenvalue weighted by Gasteiger charge is -2.16. The monoisotopic (exact) mass is 234 g/mol. The molecule has 0 bridgehead atoms. The first-order chi connectivity index (χ1) is 8.35. The lowest BCUT2D eigenvalue weighted by molar-refractivity contribution is 0.436. The van der Waals surface area contributed by atoms with Crippen molar-refractivity contribution in [2.75, 3.05) is 0 Å². The van der Waals surface area contributed by atoms with E-state index in [2.05, 4.69) is 21.9 Å². The Hall–Kier alpha value is -1.59. The van der Waals surface area contributed by atoms with Crippen molar-refractivity contribution in [3.63, 3.8) is 0 Å². The summed E-state index contributed by atoms with van der Waals surface area (Å²) < 4.78 is 7.40. The minimum absolute atomic E-state index is 0.0510. The molecule has 2 aromatic rings. The second-order valence-electron chi connectivity index (χ2n) is 3.91. The summed E-state index contributed by atoms with van der Waals surface area (Å²) in [7, 11) is 0. The fourth-order valence-corrected chi connectivity index (χ4v) is 1.93. The largest absolute Gasteiger partial charge is 0.469 e. The quantitative estimate of drug-likeness (QED) is 0.589. The molecular formula is C12H18N4O. The van der Waals surface area contributed by atoms with Gasteiger partial charge in [0.25, 0.3) is 0 Å². The fourth-order valence-electron chi connectivity index (χ4n) is 1.93. The number of rotatable bonds is 6. The molecule has 2 heterocycles. The van der Waals surface area contributed by atoms with Gasteiger partial charge in [-0.1, -0.05) is 0 Å². The van der Waals surface area contributed by atoms with Crippen LogP contribution in [0.25, 0.3) is 0 Å². The third-order valence-corrected chi connectivity index (χ3v) is 2.86. The van der Waals surface area contributed by atoms with Crippen LogP contribution in [0.4, 0.5) is 0 Å². The van der Waals surface area contributed by atoms with Crippen LogP contribution in [0.5, 0.6) is 0 Å². The van der Waals surface area contributed by atoms with Crippen molar-refractivity contribution in [2.24, 2.45) is 5.84 Å². The van der Waals surface area contributed by atoms with Crippen LogP contribution >= 0.6 is 0 Å². The number of nitrogens with one attached hydrogen (secondary N) is 1. The molecule has 1 atom stereocenters. The van der Waals surface area contributed by atoms with Crippen molar-refractivity contribution in [1.82, 2.24) is 15.0 Å². The Morgan fingerprint density at radius 3 is 3.12 bits per heavy atom. The number of aromatic nitrogens is 2. The van der Waals surface area contributed by atoms with Crippen molar-refractivity contribution < 1.29 is 4.42 Å². The Kier molecular flexibility index (Phi) is 3.95. The van der Waals surface area contributed by atoms with Gasteiger partial charge >= 0.3 is 0 Å². The molecule has 0 amide bonds. The smallest absolute Gasteiger partial charge is 0.127 e. The minimum atomic E-state index is 0.0510. The molecule has 5 heteroatoms. The van der Waals surface area contributed by atoms with Gasteiger partial charge < -0.3 is 8.98 Å². The highest BCUT2D eigenvalue weighted by molar-refractivity contribution is 5.03. The molecule has 92 valence electrons. The summed E-state index contributed by atoms with van der Waals surface area (Å²) in [5.74, 6) is 7.54. The van der Waals surface area contributed by atoms with Gasteiger partial charge in [-0.2, -0.15) is 0 Å². The van der Waals surface area contributed by atoms with E-state index in [4.69, 9.17) is 10.3 Å². The van der Waals surface area contributed by atoms with Crippen molar-refractivity contribution in [3.8, 4) is 0 Å². The van der Waals surface area contributed by atoms with E-state index in [0.29, 0.717) is 0 Å². The molecule has 3 N–H and O–H groups in total. The molecular weight excluding hydrogens is 216 g/mol. The molecule has 17 heavy (non-hydrogen) atoms. The molecule has 0 spiro atoms. The molecule has 2 rings (SSSR count). The molecule has 1 unspecified atom stereocenters. The van der Waals surface area contributed by atoms with Crippen LogP contribution in [0, 0.1) is 0 Å². The lowest BCUT2D eigenvalue weighted by atomic mass is 10.1. The minimum Gasteiger partial charge on any atom is -0.469 e. The molecule has 0 aliphatic heterocycles. The molecule has 0 saturated carbocycles. The number of hydrogen-bond donors (Lipinski definition) is 2. The van der Waals surface area contributed by atoms with Crippen molar-refractivity contribution in [1.29, 1.82) is 0 Å². The number of nitrogens with zero attached hydrogens (tertiary/aromatic N) is 2. The SMILES string of the molecule is CCn1ccnc1C(CCc1ccco1)NN. The van der Waals surface area contributed by atoms with Gasteiger partial charge in [-0.05, 0) is 25.5 Å². The molecule has 0 saturated heterocycles. The Balaban J connectivity index is 2.01. The molecule has 0 aromatic carbocycles. The zero-order valence-electron chi connectivity index (χ0n) is 9.97. The van der Waals surface area contributed by atoms with Gasteiger partial charge in [0.15, 0.2) is 0 Å². The zero-order valence-corrected chi connectivity index (χ0v) is 9.97. The Morgan fingerprint density at radius 1 is 1.59 bits per heavy atom. The second-order valence-corrected chi connectivity index (χ2v) is 3.91. The summed E-state index contributed by atoms with van der Waals surface area (Å²) in [6.45, 7) is 2.99. The van der Waals surface area contributed by atoms with Crippen LogP contribution in [0.2, 0.25) is 0 Å². The summed E-state index contributed by atoms with van der Waals surface area (Å²) in [5, 5.41) is 0. The third-order valence-electron chi connectivity index (χ3n) is 2.86. The topological polar surface area (TPSA) is 69.0 Å². The number of hydrogen-bond acceptors (Lipinski definition) is 4. The zero-order chi connectivity index (χ0) is 12.1. The summed E-state index contributed by atoms with van der Waals surface area (Å²) in [4.78, 5) is 4.35. The van der Waals surface area contributed by atoms with E-state index in [1.807, 2.05) is 18.3 Å². The average molecular weight is 234 g/mol. The maximum absolute atomic E-state index is 5.59. The highest BCUT2D eigenvalue weighted by atomic mass is 16.3. The van der Waals surface area contributed by atoms with Crippen LogP contribution in [0.1, 0.15) is 31.0 Å². The number of aryl methyl sites for hydroxylation is 2. The normalized spacial score (nSPS) is 12.8. The van der Waals surface area contributed by atoms with E-state index in [1.165, 1.54) is 0 Å². The van der Waals surface area contributed by atoms with Gasteiger partial charge in [0.1, 0.15) is 11.6 Å². The van der Waals surface area contributed by atoms with Crippen molar-refractivity contribution in [3.05, 3.63) is 42.4 Å². The van der Waals surface area contributed by atoms with Crippen LogP contribution in [0.15, 0.2) is 35.2 Å². The predicted molar refractivity (Wildman–Crippen MR) is 65.0 cm³/mol. The van der Waals surface area contributed by atoms with E-state index in [1.54, 1.807) is 12.5 Å². The first-order valence-corrected chi connectivity index (χ1v) is 5.84. The van der Waals surface area contributed by atoms with Gasteiger partial charge in [-0.3, -0.25) is 5.84 Å². The molecule has 2 aromatic heterocycles. The number of imidazole rings is 1. The van der Waals surface area contributed by atoms with Gasteiger partial charge in [0, 0.05) is 25.4 Å². The van der Waals surface area contributed by atoms with E-state index < -0.39 is 0 Å². The summed E-state index contributed by atoms with van der Waals surface area (Å²) in [6.07, 6.45) is 7.16. The number of furan rings is 1. The van der Waals surface area contributed by atoms with Crippen LogP contribution in [-0.2, 0) is 13.0 Å². The Bertz CT molecular complexity index is 435. The van der Waals surface area contributed by atoms with Crippen molar-refractivity contribution in [2.45, 2.75) is 32.4 Å². The molecule has 0 radical (unpaired) electrons. The molecule has 0 aliphatic rings. The molecule has 0 aliphatic carbocycles. The van der Waals surface area contributed by atoms with Gasteiger partial charge in [0.05, 0.1) is 12.3 Å². The first kappa shape index (κ1) is 11.9. The van der Waals surface area contributed by atoms with E-state index in [-0.39, 0.29) is 6.04 Å². The van der Waals surface area contributed by atoms with E-state index >= 15 is 0 Å². The first-order valence-electron chi connectivity index (χ1n) is 5.84. The highest BCUT2D eigenvalue weighted by Gasteiger charge is 2.15.